The molecule has 1 fully saturated rings. The van der Waals surface area contributed by atoms with Crippen LogP contribution in [-0.2, 0) is 4.79 Å². The van der Waals surface area contributed by atoms with Gasteiger partial charge in [0.05, 0.1) is 11.2 Å². The number of benzene rings is 2. The Balaban J connectivity index is 1.96. The molecular weight excluding hydrogens is 349 g/mol. The van der Waals surface area contributed by atoms with Crippen molar-refractivity contribution in [3.05, 3.63) is 59.3 Å². The van der Waals surface area contributed by atoms with Gasteiger partial charge in [0, 0.05) is 12.4 Å². The first kappa shape index (κ1) is 18.2. The fourth-order valence-corrected chi connectivity index (χ4v) is 3.40. The summed E-state index contributed by atoms with van der Waals surface area (Å²) in [6.07, 6.45) is 5.66. The Kier molecular flexibility index (Phi) is 4.63. The molecule has 1 aromatic heterocycles. The van der Waals surface area contributed by atoms with Gasteiger partial charge in [0.1, 0.15) is 13.5 Å². The van der Waals surface area contributed by atoms with E-state index in [-0.39, 0.29) is 11.7 Å². The highest BCUT2D eigenvalue weighted by molar-refractivity contribution is 6.32. The van der Waals surface area contributed by atoms with Crippen LogP contribution in [0.3, 0.4) is 0 Å². The molecule has 0 unspecified atom stereocenters. The lowest BCUT2D eigenvalue weighted by molar-refractivity contribution is -0.112. The number of hydrogen-bond donors (Lipinski definition) is 1. The molecular formula is C22H20BN3O2. The second kappa shape index (κ2) is 7.11. The number of carbonyl (C=O) groups is 2. The van der Waals surface area contributed by atoms with Crippen LogP contribution in [0.4, 0.5) is 0 Å². The first-order valence-electron chi connectivity index (χ1n) is 9.31. The van der Waals surface area contributed by atoms with Gasteiger partial charge in [0.15, 0.2) is 5.78 Å². The topological polar surface area (TPSA) is 64.0 Å². The van der Waals surface area contributed by atoms with Crippen LogP contribution >= 0.6 is 0 Å². The number of amides is 1. The molecule has 1 amide bonds. The summed E-state index contributed by atoms with van der Waals surface area (Å²) in [5, 5.41) is 8.21. The molecule has 0 atom stereocenters. The Morgan fingerprint density at radius 2 is 1.93 bits per heavy atom. The number of carbonyl (C=O) groups excluding carboxylic acids is 2. The predicted octanol–water partition coefficient (Wildman–Crippen LogP) is 2.66. The third-order valence-corrected chi connectivity index (χ3v) is 4.97. The highest BCUT2D eigenvalue weighted by Crippen LogP contribution is 2.43. The molecule has 1 N–H and O–H groups in total. The summed E-state index contributed by atoms with van der Waals surface area (Å²) in [4.78, 5) is 24.1. The molecule has 1 heterocycles. The van der Waals surface area contributed by atoms with Gasteiger partial charge in [-0.25, -0.2) is 4.68 Å². The minimum absolute atomic E-state index is 0.000275. The Bertz CT molecular complexity index is 1110. The average Bonchev–Trinajstić information content (AvgIpc) is 3.46. The van der Waals surface area contributed by atoms with Crippen molar-refractivity contribution in [3.63, 3.8) is 0 Å². The van der Waals surface area contributed by atoms with Crippen molar-refractivity contribution < 1.29 is 9.59 Å². The second-order valence-electron chi connectivity index (χ2n) is 7.15. The molecule has 4 rings (SSSR count). The summed E-state index contributed by atoms with van der Waals surface area (Å²) in [7, 11) is 7.41. The molecule has 28 heavy (non-hydrogen) atoms. The van der Waals surface area contributed by atoms with Crippen LogP contribution in [0.5, 0.6) is 0 Å². The smallest absolute Gasteiger partial charge is 0.270 e. The highest BCUT2D eigenvalue weighted by Gasteiger charge is 2.28. The van der Waals surface area contributed by atoms with E-state index in [1.807, 2.05) is 24.3 Å². The minimum Gasteiger partial charge on any atom is -0.354 e. The molecule has 3 aromatic rings. The molecule has 138 valence electrons. The molecule has 5 nitrogen and oxygen atoms in total. The predicted molar refractivity (Wildman–Crippen MR) is 112 cm³/mol. The summed E-state index contributed by atoms with van der Waals surface area (Å²) in [6.45, 7) is 1.53. The van der Waals surface area contributed by atoms with Crippen LogP contribution in [0.25, 0.3) is 22.7 Å². The van der Waals surface area contributed by atoms with E-state index in [1.54, 1.807) is 29.9 Å². The average molecular weight is 369 g/mol. The van der Waals surface area contributed by atoms with Crippen LogP contribution < -0.4 is 10.8 Å². The fraction of sp³-hybridized carbons (Fsp3) is 0.227. The zero-order valence-electron chi connectivity index (χ0n) is 15.9. The molecule has 6 heteroatoms. The lowest BCUT2D eigenvalue weighted by atomic mass is 9.96. The van der Waals surface area contributed by atoms with E-state index in [0.717, 1.165) is 35.0 Å². The number of nitrogens with zero attached hydrogens (tertiary/aromatic N) is 2. The van der Waals surface area contributed by atoms with Crippen molar-refractivity contribution in [2.45, 2.75) is 25.7 Å². The summed E-state index contributed by atoms with van der Waals surface area (Å²) in [6, 6.07) is 11.3. The largest absolute Gasteiger partial charge is 0.354 e. The molecule has 1 aliphatic carbocycles. The van der Waals surface area contributed by atoms with Crippen molar-refractivity contribution in [1.29, 1.82) is 0 Å². The van der Waals surface area contributed by atoms with Gasteiger partial charge >= 0.3 is 0 Å². The number of fused-ring (bicyclic) bond motifs is 1. The van der Waals surface area contributed by atoms with Gasteiger partial charge in [-0.15, -0.1) is 0 Å². The van der Waals surface area contributed by atoms with Crippen molar-refractivity contribution in [1.82, 2.24) is 15.1 Å². The molecule has 2 radical (unpaired) electrons. The molecule has 1 saturated carbocycles. The monoisotopic (exact) mass is 369 g/mol. The number of hydrogen-bond acceptors (Lipinski definition) is 3. The van der Waals surface area contributed by atoms with E-state index in [9.17, 15) is 9.59 Å². The maximum Gasteiger partial charge on any atom is 0.270 e. The standard InChI is InChI=1S/C22H20BN3O2/c1-13(27)3-4-15-11-20-19(12-18(15)14-5-6-14)21(22(28)24-2)26(25-20)17-9-7-16(23)8-10-17/h3-4,7-12,14H,5-6H2,1-2H3,(H,24,28)/b4-3+. The Hall–Kier alpha value is -3.15. The Morgan fingerprint density at radius 3 is 2.54 bits per heavy atom. The maximum absolute atomic E-state index is 12.7. The molecule has 0 spiro atoms. The van der Waals surface area contributed by atoms with Crippen LogP contribution in [-0.4, -0.2) is 36.4 Å². The SMILES string of the molecule is [B]c1ccc(-n2nc3cc(/C=C/C(C)=O)c(C4CC4)cc3c2C(=O)NC)cc1. The van der Waals surface area contributed by atoms with Crippen LogP contribution in [0.1, 0.15) is 47.3 Å². The number of ketones is 1. The van der Waals surface area contributed by atoms with Gasteiger partial charge in [0.2, 0.25) is 0 Å². The molecule has 1 aliphatic rings. The quantitative estimate of drug-likeness (QED) is 0.556. The number of rotatable bonds is 5. The number of nitrogens with one attached hydrogen (secondary N) is 1. The fourth-order valence-electron chi connectivity index (χ4n) is 3.40. The van der Waals surface area contributed by atoms with E-state index in [1.165, 1.54) is 6.92 Å². The first-order chi connectivity index (χ1) is 13.5. The van der Waals surface area contributed by atoms with Gasteiger partial charge in [-0.1, -0.05) is 23.7 Å². The zero-order valence-corrected chi connectivity index (χ0v) is 15.9. The molecule has 2 aromatic carbocycles. The third kappa shape index (κ3) is 3.38. The normalized spacial score (nSPS) is 13.9. The van der Waals surface area contributed by atoms with E-state index in [4.69, 9.17) is 7.85 Å². The van der Waals surface area contributed by atoms with E-state index in [0.29, 0.717) is 22.6 Å². The molecule has 0 aliphatic heterocycles. The summed E-state index contributed by atoms with van der Waals surface area (Å²) in [5.74, 6) is 0.266. The first-order valence-corrected chi connectivity index (χ1v) is 9.31. The van der Waals surface area contributed by atoms with Crippen LogP contribution in [0.2, 0.25) is 0 Å². The molecule has 0 bridgehead atoms. The molecule has 0 saturated heterocycles. The van der Waals surface area contributed by atoms with Crippen molar-refractivity contribution in [2.24, 2.45) is 0 Å². The minimum atomic E-state index is -0.201. The van der Waals surface area contributed by atoms with Crippen LogP contribution in [0, 0.1) is 0 Å². The van der Waals surface area contributed by atoms with Gasteiger partial charge in [-0.3, -0.25) is 9.59 Å². The van der Waals surface area contributed by atoms with Crippen LogP contribution in [0.15, 0.2) is 42.5 Å². The lowest BCUT2D eigenvalue weighted by Gasteiger charge is -2.08. The van der Waals surface area contributed by atoms with Crippen molar-refractivity contribution in [3.8, 4) is 5.69 Å². The number of aromatic nitrogens is 2. The maximum atomic E-state index is 12.7. The number of allylic oxidation sites excluding steroid dienone is 1. The lowest BCUT2D eigenvalue weighted by Crippen LogP contribution is -2.22. The van der Waals surface area contributed by atoms with E-state index in [2.05, 4.69) is 16.5 Å². The third-order valence-electron chi connectivity index (χ3n) is 4.97. The zero-order chi connectivity index (χ0) is 19.8. The Labute approximate surface area is 164 Å². The van der Waals surface area contributed by atoms with Gasteiger partial charge in [0.25, 0.3) is 5.91 Å². The van der Waals surface area contributed by atoms with Gasteiger partial charge in [-0.05, 0) is 67.2 Å². The van der Waals surface area contributed by atoms with Gasteiger partial charge < -0.3 is 5.32 Å². The summed E-state index contributed by atoms with van der Waals surface area (Å²) < 4.78 is 1.65. The highest BCUT2D eigenvalue weighted by atomic mass is 16.2. The van der Waals surface area contributed by atoms with E-state index >= 15 is 0 Å². The summed E-state index contributed by atoms with van der Waals surface area (Å²) in [5.41, 5.74) is 4.75. The summed E-state index contributed by atoms with van der Waals surface area (Å²) >= 11 is 0. The van der Waals surface area contributed by atoms with E-state index < -0.39 is 0 Å². The van der Waals surface area contributed by atoms with Crippen molar-refractivity contribution >= 4 is 42.0 Å². The second-order valence-corrected chi connectivity index (χ2v) is 7.15. The van der Waals surface area contributed by atoms with Gasteiger partial charge in [-0.2, -0.15) is 5.10 Å². The van der Waals surface area contributed by atoms with Crippen molar-refractivity contribution in [2.75, 3.05) is 7.05 Å². The Morgan fingerprint density at radius 1 is 1.21 bits per heavy atom.